The van der Waals surface area contributed by atoms with E-state index in [9.17, 15) is 14.4 Å². The number of pyridine rings is 1. The van der Waals surface area contributed by atoms with Gasteiger partial charge in [0.1, 0.15) is 18.3 Å². The van der Waals surface area contributed by atoms with E-state index in [4.69, 9.17) is 0 Å². The Morgan fingerprint density at radius 3 is 2.79 bits per heavy atom. The number of nitrogens with one attached hydrogen (secondary N) is 1. The summed E-state index contributed by atoms with van der Waals surface area (Å²) in [6.45, 7) is 6.70. The van der Waals surface area contributed by atoms with Crippen molar-refractivity contribution in [1.29, 1.82) is 0 Å². The Hall–Kier alpha value is -2.77. The van der Waals surface area contributed by atoms with Gasteiger partial charge in [0.05, 0.1) is 5.39 Å². The van der Waals surface area contributed by atoms with Crippen LogP contribution in [0.15, 0.2) is 18.3 Å². The first-order valence-electron chi connectivity index (χ1n) is 12.2. The van der Waals surface area contributed by atoms with Crippen LogP contribution < -0.4 is 5.32 Å². The van der Waals surface area contributed by atoms with Gasteiger partial charge in [-0.3, -0.25) is 14.4 Å². The normalized spacial score (nSPS) is 27.9. The van der Waals surface area contributed by atoms with Crippen molar-refractivity contribution >= 4 is 28.6 Å². The predicted octanol–water partition coefficient (Wildman–Crippen LogP) is 2.96. The average molecular weight is 452 g/mol. The zero-order valence-corrected chi connectivity index (χ0v) is 19.7. The molecule has 2 aliphatic carbocycles. The number of fused-ring (bicyclic) bond motifs is 2. The van der Waals surface area contributed by atoms with Crippen molar-refractivity contribution in [2.75, 3.05) is 6.54 Å². The summed E-state index contributed by atoms with van der Waals surface area (Å²) >= 11 is 0. The summed E-state index contributed by atoms with van der Waals surface area (Å²) < 4.78 is 1.50. The number of aromatic nitrogens is 3. The van der Waals surface area contributed by atoms with E-state index in [2.05, 4.69) is 29.2 Å². The zero-order valence-electron chi connectivity index (χ0n) is 19.7. The number of hydrogen-bond acceptors (Lipinski definition) is 5. The fourth-order valence-electron chi connectivity index (χ4n) is 5.92. The molecule has 2 aromatic heterocycles. The maximum Gasteiger partial charge on any atom is 0.245 e. The van der Waals surface area contributed by atoms with Crippen LogP contribution in [0.25, 0.3) is 11.0 Å². The Bertz CT molecular complexity index is 1110. The topological polar surface area (TPSA) is 97.2 Å². The molecule has 5 rings (SSSR count). The van der Waals surface area contributed by atoms with Gasteiger partial charge in [-0.25, -0.2) is 9.67 Å². The number of amides is 2. The Morgan fingerprint density at radius 2 is 2.03 bits per heavy atom. The van der Waals surface area contributed by atoms with Crippen molar-refractivity contribution < 1.29 is 14.4 Å². The second kappa shape index (κ2) is 8.22. The van der Waals surface area contributed by atoms with Crippen LogP contribution in [0.1, 0.15) is 69.8 Å². The minimum absolute atomic E-state index is 0.0244. The Labute approximate surface area is 194 Å². The van der Waals surface area contributed by atoms with Gasteiger partial charge in [0.2, 0.25) is 11.8 Å². The maximum atomic E-state index is 13.4. The van der Waals surface area contributed by atoms with E-state index >= 15 is 0 Å². The Kier molecular flexibility index (Phi) is 5.49. The van der Waals surface area contributed by atoms with E-state index in [0.717, 1.165) is 19.3 Å². The first kappa shape index (κ1) is 22.0. The molecule has 2 aromatic rings. The van der Waals surface area contributed by atoms with Gasteiger partial charge in [-0.15, -0.1) is 0 Å². The summed E-state index contributed by atoms with van der Waals surface area (Å²) in [6, 6.07) is 3.27. The maximum absolute atomic E-state index is 13.4. The molecule has 3 heterocycles. The molecule has 3 aliphatic rings. The molecule has 2 saturated carbocycles. The van der Waals surface area contributed by atoms with E-state index in [-0.39, 0.29) is 35.6 Å². The summed E-state index contributed by atoms with van der Waals surface area (Å²) in [5, 5.41) is 8.20. The lowest BCUT2D eigenvalue weighted by Gasteiger charge is -2.39. The fraction of sp³-hybridized carbons (Fsp3) is 0.640. The lowest BCUT2D eigenvalue weighted by atomic mass is 9.69. The highest BCUT2D eigenvalue weighted by Gasteiger charge is 2.56. The van der Waals surface area contributed by atoms with Crippen LogP contribution >= 0.6 is 0 Å². The van der Waals surface area contributed by atoms with Gasteiger partial charge in [-0.1, -0.05) is 26.7 Å². The van der Waals surface area contributed by atoms with Crippen LogP contribution in [0.3, 0.4) is 0 Å². The number of nitrogens with zero attached hydrogens (tertiary/aromatic N) is 4. The van der Waals surface area contributed by atoms with E-state index in [1.807, 2.05) is 0 Å². The van der Waals surface area contributed by atoms with Crippen molar-refractivity contribution in [3.8, 4) is 0 Å². The number of piperidine rings is 1. The largest absolute Gasteiger partial charge is 0.354 e. The molecule has 1 unspecified atom stereocenters. The Balaban J connectivity index is 1.29. The van der Waals surface area contributed by atoms with Crippen LogP contribution in [0.2, 0.25) is 0 Å². The van der Waals surface area contributed by atoms with Crippen molar-refractivity contribution in [3.63, 3.8) is 0 Å². The third-order valence-corrected chi connectivity index (χ3v) is 8.07. The van der Waals surface area contributed by atoms with Crippen molar-refractivity contribution in [2.45, 2.75) is 77.9 Å². The third kappa shape index (κ3) is 4.04. The second-order valence-electron chi connectivity index (χ2n) is 10.7. The summed E-state index contributed by atoms with van der Waals surface area (Å²) in [6.07, 6.45) is 8.13. The first-order valence-corrected chi connectivity index (χ1v) is 12.2. The SMILES string of the molecule is CC(=O)c1nn(CC(=O)N2[C@@H]3C[C@@H]3C[C@H]2C(=O)NCC2CCCCC2(C)C)c2ncccc12. The van der Waals surface area contributed by atoms with Crippen LogP contribution in [0.4, 0.5) is 0 Å². The van der Waals surface area contributed by atoms with Gasteiger partial charge in [0.15, 0.2) is 11.4 Å². The summed E-state index contributed by atoms with van der Waals surface area (Å²) in [4.78, 5) is 44.6. The quantitative estimate of drug-likeness (QED) is 0.681. The number of Topliss-reactive ketones (excluding diaryl/α,β-unsaturated/α-hetero) is 1. The van der Waals surface area contributed by atoms with E-state index < -0.39 is 6.04 Å². The molecule has 0 radical (unpaired) electrons. The lowest BCUT2D eigenvalue weighted by Crippen LogP contribution is -2.50. The molecule has 3 fully saturated rings. The van der Waals surface area contributed by atoms with Crippen LogP contribution in [0, 0.1) is 17.3 Å². The number of carbonyl (C=O) groups is 3. The smallest absolute Gasteiger partial charge is 0.245 e. The fourth-order valence-corrected chi connectivity index (χ4v) is 5.92. The second-order valence-corrected chi connectivity index (χ2v) is 10.7. The first-order chi connectivity index (χ1) is 15.8. The van der Waals surface area contributed by atoms with Gasteiger partial charge in [0, 0.05) is 25.7 Å². The number of hydrogen-bond donors (Lipinski definition) is 1. The molecule has 8 heteroatoms. The molecular weight excluding hydrogens is 418 g/mol. The summed E-state index contributed by atoms with van der Waals surface area (Å²) in [5.74, 6) is 0.552. The van der Waals surface area contributed by atoms with Crippen LogP contribution in [0.5, 0.6) is 0 Å². The average Bonchev–Trinajstić information content (AvgIpc) is 3.28. The highest BCUT2D eigenvalue weighted by Crippen LogP contribution is 2.48. The molecule has 4 atom stereocenters. The number of ketones is 1. The van der Waals surface area contributed by atoms with Crippen LogP contribution in [-0.2, 0) is 16.1 Å². The molecule has 0 bridgehead atoms. The van der Waals surface area contributed by atoms with E-state index in [0.29, 0.717) is 35.1 Å². The number of carbonyl (C=O) groups excluding carboxylic acids is 3. The molecule has 8 nitrogen and oxygen atoms in total. The van der Waals surface area contributed by atoms with E-state index in [1.165, 1.54) is 30.9 Å². The number of rotatable bonds is 6. The molecule has 33 heavy (non-hydrogen) atoms. The molecule has 0 spiro atoms. The van der Waals surface area contributed by atoms with Crippen molar-refractivity contribution in [1.82, 2.24) is 25.0 Å². The van der Waals surface area contributed by atoms with Crippen molar-refractivity contribution in [3.05, 3.63) is 24.0 Å². The minimum Gasteiger partial charge on any atom is -0.354 e. The lowest BCUT2D eigenvalue weighted by molar-refractivity contribution is -0.140. The van der Waals surface area contributed by atoms with Gasteiger partial charge >= 0.3 is 0 Å². The standard InChI is InChI=1S/C25H33N5O3/c1-15(31)22-18-8-6-10-26-23(18)29(28-22)14-21(32)30-19-11-16(19)12-20(30)24(33)27-13-17-7-4-5-9-25(17,2)3/h6,8,10,16-17,19-20H,4-5,7,9,11-14H2,1-3H3,(H,27,33)/t16-,17?,19-,20+/m1/s1. The van der Waals surface area contributed by atoms with Gasteiger partial charge in [-0.05, 0) is 55.1 Å². The molecular formula is C25H33N5O3. The minimum atomic E-state index is -0.421. The molecule has 0 aromatic carbocycles. The summed E-state index contributed by atoms with van der Waals surface area (Å²) in [7, 11) is 0. The predicted molar refractivity (Wildman–Crippen MR) is 123 cm³/mol. The monoisotopic (exact) mass is 451 g/mol. The molecule has 1 aliphatic heterocycles. The van der Waals surface area contributed by atoms with Gasteiger partial charge in [0.25, 0.3) is 0 Å². The van der Waals surface area contributed by atoms with E-state index in [1.54, 1.807) is 23.2 Å². The molecule has 1 N–H and O–H groups in total. The van der Waals surface area contributed by atoms with Gasteiger partial charge in [-0.2, -0.15) is 5.10 Å². The summed E-state index contributed by atoms with van der Waals surface area (Å²) in [5.41, 5.74) is 1.07. The molecule has 1 saturated heterocycles. The highest BCUT2D eigenvalue weighted by atomic mass is 16.2. The zero-order chi connectivity index (χ0) is 23.3. The highest BCUT2D eigenvalue weighted by molar-refractivity contribution is 6.04. The van der Waals surface area contributed by atoms with Crippen LogP contribution in [-0.4, -0.2) is 55.9 Å². The van der Waals surface area contributed by atoms with Gasteiger partial charge < -0.3 is 10.2 Å². The van der Waals surface area contributed by atoms with Crippen molar-refractivity contribution in [2.24, 2.45) is 17.3 Å². The molecule has 2 amide bonds. The molecule has 176 valence electrons. The Morgan fingerprint density at radius 1 is 1.21 bits per heavy atom. The third-order valence-electron chi connectivity index (χ3n) is 8.07. The number of likely N-dealkylation sites (tertiary alicyclic amines) is 1.